The summed E-state index contributed by atoms with van der Waals surface area (Å²) >= 11 is 3.78. The fourth-order valence-electron chi connectivity index (χ4n) is 0.345. The zero-order valence-corrected chi connectivity index (χ0v) is 7.36. The molecule has 4 heteroatoms. The lowest BCUT2D eigenvalue weighted by Crippen LogP contribution is -2.04. The van der Waals surface area contributed by atoms with E-state index in [1.165, 1.54) is 0 Å². The normalized spacial score (nSPS) is 10.0. The summed E-state index contributed by atoms with van der Waals surface area (Å²) in [5, 5.41) is 4.21. The maximum Gasteiger partial charge on any atom is 0.0423 e. The van der Waals surface area contributed by atoms with Crippen molar-refractivity contribution in [3.05, 3.63) is 0 Å². The molecule has 0 aliphatic carbocycles. The molecule has 0 aliphatic rings. The van der Waals surface area contributed by atoms with E-state index >= 15 is 0 Å². The molecule has 0 unspecified atom stereocenters. The standard InChI is InChI=1S/C5H14N2S2/c1-7-4-9-5-8-3-2-6/h7H,2-6H2,1H3. The van der Waals surface area contributed by atoms with Gasteiger partial charge in [-0.3, -0.25) is 0 Å². The fraction of sp³-hybridized carbons (Fsp3) is 1.00. The van der Waals surface area contributed by atoms with E-state index in [9.17, 15) is 0 Å². The maximum absolute atomic E-state index is 5.30. The van der Waals surface area contributed by atoms with E-state index in [4.69, 9.17) is 5.73 Å². The number of nitrogens with two attached hydrogens (primary N) is 1. The lowest BCUT2D eigenvalue weighted by molar-refractivity contribution is 0.984. The van der Waals surface area contributed by atoms with E-state index < -0.39 is 0 Å². The second-order valence-electron chi connectivity index (χ2n) is 1.52. The van der Waals surface area contributed by atoms with Crippen LogP contribution in [-0.2, 0) is 0 Å². The summed E-state index contributed by atoms with van der Waals surface area (Å²) in [6, 6.07) is 0. The van der Waals surface area contributed by atoms with Gasteiger partial charge in [-0.25, -0.2) is 0 Å². The SMILES string of the molecule is CNCSCSCCN. The number of hydrogen-bond donors (Lipinski definition) is 2. The molecular weight excluding hydrogens is 152 g/mol. The topological polar surface area (TPSA) is 38.0 Å². The zero-order chi connectivity index (χ0) is 6.95. The minimum absolute atomic E-state index is 0.796. The van der Waals surface area contributed by atoms with Gasteiger partial charge in [-0.15, -0.1) is 23.5 Å². The summed E-state index contributed by atoms with van der Waals surface area (Å²) in [7, 11) is 1.96. The lowest BCUT2D eigenvalue weighted by Gasteiger charge is -1.97. The first-order valence-electron chi connectivity index (χ1n) is 2.92. The largest absolute Gasteiger partial charge is 0.330 e. The van der Waals surface area contributed by atoms with E-state index in [0.717, 1.165) is 23.3 Å². The first kappa shape index (κ1) is 9.62. The molecule has 3 N–H and O–H groups in total. The second kappa shape index (κ2) is 8.62. The Labute approximate surface area is 65.3 Å². The summed E-state index contributed by atoms with van der Waals surface area (Å²) in [5.41, 5.74) is 5.30. The predicted molar refractivity (Wildman–Crippen MR) is 47.9 cm³/mol. The van der Waals surface area contributed by atoms with Crippen LogP contribution in [0.3, 0.4) is 0 Å². The van der Waals surface area contributed by atoms with Crippen LogP contribution in [0.25, 0.3) is 0 Å². The average molecular weight is 166 g/mol. The Balaban J connectivity index is 2.60. The van der Waals surface area contributed by atoms with Crippen molar-refractivity contribution in [2.45, 2.75) is 0 Å². The molecule has 0 aliphatic heterocycles. The van der Waals surface area contributed by atoms with Crippen molar-refractivity contribution in [3.8, 4) is 0 Å². The quantitative estimate of drug-likeness (QED) is 0.446. The second-order valence-corrected chi connectivity index (χ2v) is 3.97. The molecule has 0 aromatic carbocycles. The Morgan fingerprint density at radius 1 is 1.44 bits per heavy atom. The smallest absolute Gasteiger partial charge is 0.0423 e. The molecule has 56 valence electrons. The molecule has 0 radical (unpaired) electrons. The number of thioether (sulfide) groups is 2. The van der Waals surface area contributed by atoms with E-state index in [2.05, 4.69) is 5.32 Å². The van der Waals surface area contributed by atoms with Gasteiger partial charge in [-0.2, -0.15) is 0 Å². The Kier molecular flexibility index (Phi) is 9.21. The molecule has 0 rings (SSSR count). The Bertz CT molecular complexity index is 46.2. The van der Waals surface area contributed by atoms with E-state index in [1.54, 1.807) is 0 Å². The Morgan fingerprint density at radius 2 is 2.22 bits per heavy atom. The van der Waals surface area contributed by atoms with Gasteiger partial charge in [0.2, 0.25) is 0 Å². The summed E-state index contributed by atoms with van der Waals surface area (Å²) in [6.45, 7) is 0.796. The number of hydrogen-bond acceptors (Lipinski definition) is 4. The zero-order valence-electron chi connectivity index (χ0n) is 5.72. The molecule has 0 heterocycles. The van der Waals surface area contributed by atoms with Gasteiger partial charge in [-0.05, 0) is 7.05 Å². The van der Waals surface area contributed by atoms with Gasteiger partial charge in [0.15, 0.2) is 0 Å². The highest BCUT2D eigenvalue weighted by Gasteiger charge is 1.85. The van der Waals surface area contributed by atoms with Crippen molar-refractivity contribution in [3.63, 3.8) is 0 Å². The van der Waals surface area contributed by atoms with Crippen molar-refractivity contribution in [1.29, 1.82) is 0 Å². The third-order valence-corrected chi connectivity index (χ3v) is 3.03. The first-order chi connectivity index (χ1) is 4.41. The molecular formula is C5H14N2S2. The van der Waals surface area contributed by atoms with Crippen LogP contribution in [0, 0.1) is 0 Å². The maximum atomic E-state index is 5.30. The van der Waals surface area contributed by atoms with Gasteiger partial charge >= 0.3 is 0 Å². The predicted octanol–water partition coefficient (Wildman–Crippen LogP) is 0.546. The molecule has 2 nitrogen and oxygen atoms in total. The molecule has 0 aromatic rings. The van der Waals surface area contributed by atoms with Gasteiger partial charge in [0.25, 0.3) is 0 Å². The molecule has 0 amide bonds. The van der Waals surface area contributed by atoms with Crippen LogP contribution in [0.4, 0.5) is 0 Å². The Hall–Kier alpha value is 0.620. The third-order valence-electron chi connectivity index (χ3n) is 0.675. The minimum Gasteiger partial charge on any atom is -0.330 e. The van der Waals surface area contributed by atoms with Crippen LogP contribution in [0.2, 0.25) is 0 Å². The Morgan fingerprint density at radius 3 is 2.78 bits per heavy atom. The van der Waals surface area contributed by atoms with Crippen LogP contribution in [0.1, 0.15) is 0 Å². The van der Waals surface area contributed by atoms with Crippen molar-refractivity contribution < 1.29 is 0 Å². The van der Waals surface area contributed by atoms with Crippen LogP contribution in [0.5, 0.6) is 0 Å². The molecule has 0 saturated heterocycles. The lowest BCUT2D eigenvalue weighted by atomic mass is 10.8. The van der Waals surface area contributed by atoms with E-state index in [1.807, 2.05) is 30.6 Å². The highest BCUT2D eigenvalue weighted by Crippen LogP contribution is 2.08. The first-order valence-corrected chi connectivity index (χ1v) is 5.23. The fourth-order valence-corrected chi connectivity index (χ4v) is 1.99. The molecule has 0 fully saturated rings. The van der Waals surface area contributed by atoms with Gasteiger partial charge in [0, 0.05) is 23.3 Å². The van der Waals surface area contributed by atoms with Crippen LogP contribution in [-0.4, -0.2) is 30.3 Å². The highest BCUT2D eigenvalue weighted by molar-refractivity contribution is 8.15. The summed E-state index contributed by atoms with van der Waals surface area (Å²) in [4.78, 5) is 0. The van der Waals surface area contributed by atoms with Gasteiger partial charge in [0.05, 0.1) is 0 Å². The monoisotopic (exact) mass is 166 g/mol. The summed E-state index contributed by atoms with van der Waals surface area (Å²) in [5.74, 6) is 2.12. The average Bonchev–Trinajstić information content (AvgIpc) is 1.89. The van der Waals surface area contributed by atoms with E-state index in [0.29, 0.717) is 0 Å². The van der Waals surface area contributed by atoms with Gasteiger partial charge < -0.3 is 11.1 Å². The highest BCUT2D eigenvalue weighted by atomic mass is 32.2. The van der Waals surface area contributed by atoms with Crippen molar-refractivity contribution >= 4 is 23.5 Å². The third kappa shape index (κ3) is 8.62. The van der Waals surface area contributed by atoms with Crippen LogP contribution < -0.4 is 11.1 Å². The molecule has 0 bridgehead atoms. The number of nitrogens with one attached hydrogen (secondary N) is 1. The van der Waals surface area contributed by atoms with Gasteiger partial charge in [0.1, 0.15) is 0 Å². The molecule has 9 heavy (non-hydrogen) atoms. The van der Waals surface area contributed by atoms with E-state index in [-0.39, 0.29) is 0 Å². The minimum atomic E-state index is 0.796. The summed E-state index contributed by atoms with van der Waals surface area (Å²) in [6.07, 6.45) is 0. The number of rotatable bonds is 6. The van der Waals surface area contributed by atoms with Crippen molar-refractivity contribution in [2.24, 2.45) is 5.73 Å². The molecule has 0 atom stereocenters. The van der Waals surface area contributed by atoms with Crippen LogP contribution >= 0.6 is 23.5 Å². The summed E-state index contributed by atoms with van der Waals surface area (Å²) < 4.78 is 0. The molecule has 0 saturated carbocycles. The van der Waals surface area contributed by atoms with Crippen molar-refractivity contribution in [1.82, 2.24) is 5.32 Å². The van der Waals surface area contributed by atoms with Gasteiger partial charge in [-0.1, -0.05) is 0 Å². The van der Waals surface area contributed by atoms with Crippen LogP contribution in [0.15, 0.2) is 0 Å². The molecule has 0 aromatic heterocycles. The van der Waals surface area contributed by atoms with Crippen molar-refractivity contribution in [2.75, 3.05) is 30.3 Å². The molecule has 0 spiro atoms.